The molecule has 0 bridgehead atoms. The number of hydrogen-bond donors (Lipinski definition) is 2. The van der Waals surface area contributed by atoms with Gasteiger partial charge in [-0.2, -0.15) is 0 Å². The normalized spacial score (nSPS) is 12.4. The molecule has 6 nitrogen and oxygen atoms in total. The highest BCUT2D eigenvalue weighted by atomic mass is 32.1. The van der Waals surface area contributed by atoms with Crippen LogP contribution in [0.2, 0.25) is 0 Å². The van der Waals surface area contributed by atoms with Gasteiger partial charge in [-0.3, -0.25) is 19.5 Å². The largest absolute Gasteiger partial charge is 0.347 e. The number of aromatic amines is 1. The number of aromatic nitrogens is 2. The van der Waals surface area contributed by atoms with E-state index < -0.39 is 0 Å². The van der Waals surface area contributed by atoms with Gasteiger partial charge in [0.05, 0.1) is 16.8 Å². The highest BCUT2D eigenvalue weighted by molar-refractivity contribution is 7.10. The van der Waals surface area contributed by atoms with E-state index in [9.17, 15) is 14.4 Å². The summed E-state index contributed by atoms with van der Waals surface area (Å²) in [7, 11) is 0. The zero-order valence-corrected chi connectivity index (χ0v) is 14.8. The second-order valence-electron chi connectivity index (χ2n) is 6.18. The number of carbonyl (C=O) groups excluding carboxylic acids is 1. The minimum atomic E-state index is -0.387. The number of hydrogen-bond acceptors (Lipinski definition) is 4. The predicted octanol–water partition coefficient (Wildman–Crippen LogP) is 2.26. The number of amides is 1. The van der Waals surface area contributed by atoms with Crippen molar-refractivity contribution in [1.82, 2.24) is 15.1 Å². The molecule has 0 aliphatic heterocycles. The molecule has 130 valence electrons. The summed E-state index contributed by atoms with van der Waals surface area (Å²) in [5, 5.41) is 8.01. The molecule has 1 atom stereocenters. The third-order valence-corrected chi connectivity index (χ3v) is 4.97. The fourth-order valence-corrected chi connectivity index (χ4v) is 3.70. The summed E-state index contributed by atoms with van der Waals surface area (Å²) >= 11 is 1.57. The maximum atomic E-state index is 12.5. The molecule has 7 heteroatoms. The molecule has 0 saturated carbocycles. The summed E-state index contributed by atoms with van der Waals surface area (Å²) < 4.78 is 1.06. The van der Waals surface area contributed by atoms with Crippen LogP contribution < -0.4 is 16.4 Å². The highest BCUT2D eigenvalue weighted by Crippen LogP contribution is 2.25. The molecule has 1 unspecified atom stereocenters. The first kappa shape index (κ1) is 17.2. The number of fused-ring (bicyclic) bond motifs is 1. The van der Waals surface area contributed by atoms with E-state index in [2.05, 4.69) is 10.4 Å². The quantitative estimate of drug-likeness (QED) is 0.735. The molecule has 0 aliphatic rings. The van der Waals surface area contributed by atoms with Gasteiger partial charge in [0, 0.05) is 4.88 Å². The molecule has 25 heavy (non-hydrogen) atoms. The van der Waals surface area contributed by atoms with Crippen LogP contribution in [0.5, 0.6) is 0 Å². The first-order valence-corrected chi connectivity index (χ1v) is 8.90. The van der Waals surface area contributed by atoms with Crippen LogP contribution in [-0.2, 0) is 11.3 Å². The summed E-state index contributed by atoms with van der Waals surface area (Å²) in [5.74, 6) is -0.116. The SMILES string of the molecule is CC(C)C(NC(=O)Cn1[nH]c(=O)c2ccccc2c1=O)c1cccs1. The fraction of sp³-hybridized carbons (Fsp3) is 0.278. The first-order chi connectivity index (χ1) is 12.0. The topological polar surface area (TPSA) is 84.0 Å². The van der Waals surface area contributed by atoms with Crippen molar-refractivity contribution in [2.24, 2.45) is 5.92 Å². The molecule has 3 rings (SSSR count). The summed E-state index contributed by atoms with van der Waals surface area (Å²) in [6.45, 7) is 3.82. The molecule has 1 aromatic carbocycles. The van der Waals surface area contributed by atoms with Gasteiger partial charge in [-0.15, -0.1) is 11.3 Å². The van der Waals surface area contributed by atoms with E-state index in [1.807, 2.05) is 31.4 Å². The lowest BCUT2D eigenvalue weighted by Gasteiger charge is -2.21. The molecule has 3 aromatic rings. The van der Waals surface area contributed by atoms with Crippen molar-refractivity contribution >= 4 is 28.0 Å². The predicted molar refractivity (Wildman–Crippen MR) is 98.9 cm³/mol. The monoisotopic (exact) mass is 357 g/mol. The van der Waals surface area contributed by atoms with Gasteiger partial charge >= 0.3 is 0 Å². The van der Waals surface area contributed by atoms with Gasteiger partial charge in [0.2, 0.25) is 5.91 Å². The maximum Gasteiger partial charge on any atom is 0.273 e. The summed E-state index contributed by atoms with van der Waals surface area (Å²) in [6.07, 6.45) is 0. The molecule has 2 aromatic heterocycles. The van der Waals surface area contributed by atoms with E-state index in [4.69, 9.17) is 0 Å². The summed E-state index contributed by atoms with van der Waals surface area (Å²) in [4.78, 5) is 38.1. The molecule has 0 fully saturated rings. The Labute approximate surface area is 148 Å². The molecule has 0 spiro atoms. The van der Waals surface area contributed by atoms with Crippen molar-refractivity contribution in [3.63, 3.8) is 0 Å². The van der Waals surface area contributed by atoms with E-state index in [1.165, 1.54) is 0 Å². The highest BCUT2D eigenvalue weighted by Gasteiger charge is 2.20. The summed E-state index contributed by atoms with van der Waals surface area (Å²) in [6, 6.07) is 10.3. The number of carbonyl (C=O) groups is 1. The number of benzene rings is 1. The zero-order valence-electron chi connectivity index (χ0n) is 14.0. The number of nitrogens with zero attached hydrogens (tertiary/aromatic N) is 1. The van der Waals surface area contributed by atoms with Crippen LogP contribution in [-0.4, -0.2) is 15.7 Å². The van der Waals surface area contributed by atoms with Crippen LogP contribution in [0.4, 0.5) is 0 Å². The number of rotatable bonds is 5. The number of H-pyrrole nitrogens is 1. The van der Waals surface area contributed by atoms with Crippen molar-refractivity contribution in [3.8, 4) is 0 Å². The van der Waals surface area contributed by atoms with E-state index in [-0.39, 0.29) is 35.5 Å². The van der Waals surface area contributed by atoms with Crippen LogP contribution in [0.15, 0.2) is 51.4 Å². The van der Waals surface area contributed by atoms with Crippen molar-refractivity contribution in [2.75, 3.05) is 0 Å². The average Bonchev–Trinajstić information content (AvgIpc) is 3.11. The lowest BCUT2D eigenvalue weighted by atomic mass is 10.0. The van der Waals surface area contributed by atoms with Gasteiger partial charge in [-0.05, 0) is 29.5 Å². The molecular formula is C18H19N3O3S. The summed E-state index contributed by atoms with van der Waals surface area (Å²) in [5.41, 5.74) is -0.774. The molecule has 2 N–H and O–H groups in total. The lowest BCUT2D eigenvalue weighted by molar-refractivity contribution is -0.123. The fourth-order valence-electron chi connectivity index (χ4n) is 2.76. The standard InChI is InChI=1S/C18H19N3O3S/c1-11(2)16(14-8-5-9-25-14)19-15(22)10-21-18(24)13-7-4-3-6-12(13)17(23)20-21/h3-9,11,16H,10H2,1-2H3,(H,19,22)(H,20,23). The van der Waals surface area contributed by atoms with Gasteiger partial charge in [0.15, 0.2) is 0 Å². The smallest absolute Gasteiger partial charge is 0.273 e. The van der Waals surface area contributed by atoms with Crippen LogP contribution in [0.3, 0.4) is 0 Å². The Hall–Kier alpha value is -2.67. The first-order valence-electron chi connectivity index (χ1n) is 8.02. The Morgan fingerprint density at radius 2 is 1.88 bits per heavy atom. The minimum absolute atomic E-state index is 0.129. The Kier molecular flexibility index (Phi) is 4.85. The van der Waals surface area contributed by atoms with Crippen molar-refractivity contribution < 1.29 is 4.79 Å². The van der Waals surface area contributed by atoms with Gasteiger partial charge in [-0.25, -0.2) is 4.68 Å². The second kappa shape index (κ2) is 7.06. The molecule has 0 radical (unpaired) electrons. The molecule has 1 amide bonds. The Morgan fingerprint density at radius 1 is 1.16 bits per heavy atom. The Balaban J connectivity index is 1.86. The van der Waals surface area contributed by atoms with Crippen molar-refractivity contribution in [2.45, 2.75) is 26.4 Å². The van der Waals surface area contributed by atoms with Gasteiger partial charge in [0.25, 0.3) is 11.1 Å². The van der Waals surface area contributed by atoms with E-state index >= 15 is 0 Å². The van der Waals surface area contributed by atoms with Gasteiger partial charge in [-0.1, -0.05) is 32.0 Å². The molecule has 2 heterocycles. The van der Waals surface area contributed by atoms with Crippen LogP contribution >= 0.6 is 11.3 Å². The van der Waals surface area contributed by atoms with Crippen LogP contribution in [0, 0.1) is 5.92 Å². The molecule has 0 saturated heterocycles. The zero-order chi connectivity index (χ0) is 18.0. The van der Waals surface area contributed by atoms with E-state index in [1.54, 1.807) is 35.6 Å². The molecular weight excluding hydrogens is 338 g/mol. The van der Waals surface area contributed by atoms with Crippen LogP contribution in [0.1, 0.15) is 24.8 Å². The van der Waals surface area contributed by atoms with Gasteiger partial charge < -0.3 is 5.32 Å². The average molecular weight is 357 g/mol. The second-order valence-corrected chi connectivity index (χ2v) is 7.16. The number of thiophene rings is 1. The maximum absolute atomic E-state index is 12.5. The van der Waals surface area contributed by atoms with E-state index in [0.717, 1.165) is 9.56 Å². The van der Waals surface area contributed by atoms with Crippen LogP contribution in [0.25, 0.3) is 10.8 Å². The van der Waals surface area contributed by atoms with Crippen molar-refractivity contribution in [1.29, 1.82) is 0 Å². The number of nitrogens with one attached hydrogen (secondary N) is 2. The Morgan fingerprint density at radius 3 is 2.52 bits per heavy atom. The Bertz CT molecular complexity index is 1000. The van der Waals surface area contributed by atoms with E-state index in [0.29, 0.717) is 10.8 Å². The third kappa shape index (κ3) is 3.56. The minimum Gasteiger partial charge on any atom is -0.347 e. The van der Waals surface area contributed by atoms with Gasteiger partial charge in [0.1, 0.15) is 6.54 Å². The van der Waals surface area contributed by atoms with Crippen molar-refractivity contribution in [3.05, 3.63) is 67.4 Å². The lowest BCUT2D eigenvalue weighted by Crippen LogP contribution is -2.39. The third-order valence-electron chi connectivity index (χ3n) is 4.02. The molecule has 0 aliphatic carbocycles.